The Kier molecular flexibility index (Phi) is 5.43. The van der Waals surface area contributed by atoms with Crippen molar-refractivity contribution in [1.82, 2.24) is 0 Å². The molecule has 2 aromatic rings. The van der Waals surface area contributed by atoms with E-state index in [2.05, 4.69) is 54.0 Å². The van der Waals surface area contributed by atoms with Crippen LogP contribution in [0.2, 0.25) is 0 Å². The van der Waals surface area contributed by atoms with E-state index in [0.29, 0.717) is 5.92 Å². The maximum Gasteiger partial charge on any atom is 0.124 e. The normalized spacial score (nSPS) is 12.5. The van der Waals surface area contributed by atoms with Gasteiger partial charge in [-0.15, -0.1) is 0 Å². The van der Waals surface area contributed by atoms with E-state index in [-0.39, 0.29) is 6.04 Å². The quantitative estimate of drug-likeness (QED) is 0.840. The zero-order valence-corrected chi connectivity index (χ0v) is 14.4. The van der Waals surface area contributed by atoms with Gasteiger partial charge in [-0.05, 0) is 35.6 Å². The predicted octanol–water partition coefficient (Wildman–Crippen LogP) is 4.82. The van der Waals surface area contributed by atoms with Crippen molar-refractivity contribution >= 4 is 15.9 Å². The number of hydrogen-bond donors (Lipinski definition) is 1. The number of hydrogen-bond acceptors (Lipinski definition) is 2. The molecule has 0 aliphatic heterocycles. The lowest BCUT2D eigenvalue weighted by molar-refractivity contribution is 0.405. The minimum Gasteiger partial charge on any atom is -0.496 e. The van der Waals surface area contributed by atoms with E-state index in [1.807, 2.05) is 18.2 Å². The van der Waals surface area contributed by atoms with Crippen LogP contribution in [0.15, 0.2) is 46.9 Å². The summed E-state index contributed by atoms with van der Waals surface area (Å²) in [5.41, 5.74) is 9.99. The summed E-state index contributed by atoms with van der Waals surface area (Å²) in [6.07, 6.45) is 0.802. The third-order valence-corrected chi connectivity index (χ3v) is 4.19. The molecular weight excluding hydrogens is 326 g/mol. The molecular formula is C18H22BrNO. The van der Waals surface area contributed by atoms with Gasteiger partial charge >= 0.3 is 0 Å². The van der Waals surface area contributed by atoms with Crippen molar-refractivity contribution in [1.29, 1.82) is 0 Å². The molecule has 0 bridgehead atoms. The molecule has 0 aromatic heterocycles. The van der Waals surface area contributed by atoms with Crippen molar-refractivity contribution in [2.75, 3.05) is 7.11 Å². The first-order chi connectivity index (χ1) is 10.0. The molecule has 2 rings (SSSR count). The second-order valence-electron chi connectivity index (χ2n) is 5.59. The van der Waals surface area contributed by atoms with Crippen LogP contribution in [0.25, 0.3) is 0 Å². The van der Waals surface area contributed by atoms with Gasteiger partial charge in [0.15, 0.2) is 0 Å². The maximum absolute atomic E-state index is 6.36. The number of halogens is 1. The van der Waals surface area contributed by atoms with Crippen molar-refractivity contribution in [3.63, 3.8) is 0 Å². The van der Waals surface area contributed by atoms with Crippen LogP contribution in [0.5, 0.6) is 5.75 Å². The fourth-order valence-corrected chi connectivity index (χ4v) is 2.73. The number of ether oxygens (including phenoxy) is 1. The van der Waals surface area contributed by atoms with E-state index in [1.54, 1.807) is 7.11 Å². The van der Waals surface area contributed by atoms with E-state index in [1.165, 1.54) is 11.1 Å². The second kappa shape index (κ2) is 7.10. The first-order valence-corrected chi connectivity index (χ1v) is 7.98. The monoisotopic (exact) mass is 347 g/mol. The number of benzene rings is 2. The zero-order chi connectivity index (χ0) is 15.4. The van der Waals surface area contributed by atoms with Crippen LogP contribution in [-0.4, -0.2) is 7.11 Å². The highest BCUT2D eigenvalue weighted by Crippen LogP contribution is 2.29. The summed E-state index contributed by atoms with van der Waals surface area (Å²) in [7, 11) is 1.68. The number of rotatable bonds is 5. The van der Waals surface area contributed by atoms with Crippen LogP contribution < -0.4 is 10.5 Å². The van der Waals surface area contributed by atoms with E-state index < -0.39 is 0 Å². The molecule has 0 radical (unpaired) electrons. The third kappa shape index (κ3) is 4.08. The molecule has 1 atom stereocenters. The summed E-state index contributed by atoms with van der Waals surface area (Å²) in [5, 5.41) is 0. The van der Waals surface area contributed by atoms with Crippen LogP contribution >= 0.6 is 15.9 Å². The van der Waals surface area contributed by atoms with Crippen molar-refractivity contribution in [2.24, 2.45) is 5.73 Å². The Morgan fingerprint density at radius 1 is 1.10 bits per heavy atom. The Morgan fingerprint density at radius 2 is 1.76 bits per heavy atom. The van der Waals surface area contributed by atoms with Gasteiger partial charge in [-0.2, -0.15) is 0 Å². The highest BCUT2D eigenvalue weighted by molar-refractivity contribution is 9.10. The van der Waals surface area contributed by atoms with E-state index in [4.69, 9.17) is 10.5 Å². The van der Waals surface area contributed by atoms with E-state index in [9.17, 15) is 0 Å². The molecule has 2 N–H and O–H groups in total. The molecule has 2 nitrogen and oxygen atoms in total. The molecule has 0 fully saturated rings. The summed E-state index contributed by atoms with van der Waals surface area (Å²) in [5.74, 6) is 1.38. The largest absolute Gasteiger partial charge is 0.496 e. The lowest BCUT2D eigenvalue weighted by atomic mass is 9.96. The summed E-state index contributed by atoms with van der Waals surface area (Å²) in [6.45, 7) is 4.40. The molecule has 2 aromatic carbocycles. The van der Waals surface area contributed by atoms with Crippen molar-refractivity contribution in [2.45, 2.75) is 32.2 Å². The first kappa shape index (κ1) is 16.1. The Morgan fingerprint density at radius 3 is 2.33 bits per heavy atom. The van der Waals surface area contributed by atoms with Crippen LogP contribution in [0.4, 0.5) is 0 Å². The first-order valence-electron chi connectivity index (χ1n) is 7.19. The van der Waals surface area contributed by atoms with Gasteiger partial charge in [-0.25, -0.2) is 0 Å². The molecule has 3 heteroatoms. The van der Waals surface area contributed by atoms with Gasteiger partial charge in [0.2, 0.25) is 0 Å². The van der Waals surface area contributed by atoms with Gasteiger partial charge in [0.1, 0.15) is 5.75 Å². The molecule has 0 spiro atoms. The lowest BCUT2D eigenvalue weighted by Crippen LogP contribution is -2.14. The Balaban J connectivity index is 2.15. The molecule has 0 saturated heterocycles. The molecule has 0 aliphatic carbocycles. The SMILES string of the molecule is COc1cc(Br)ccc1C(N)Cc1ccc(C(C)C)cc1. The third-order valence-electron chi connectivity index (χ3n) is 3.70. The summed E-state index contributed by atoms with van der Waals surface area (Å²) >= 11 is 3.45. The number of methoxy groups -OCH3 is 1. The highest BCUT2D eigenvalue weighted by atomic mass is 79.9. The molecule has 0 aliphatic rings. The van der Waals surface area contributed by atoms with Gasteiger partial charge in [0.05, 0.1) is 7.11 Å². The van der Waals surface area contributed by atoms with Crippen molar-refractivity contribution in [3.05, 3.63) is 63.6 Å². The summed E-state index contributed by atoms with van der Waals surface area (Å²) in [6, 6.07) is 14.6. The van der Waals surface area contributed by atoms with E-state index in [0.717, 1.165) is 22.2 Å². The van der Waals surface area contributed by atoms with Crippen LogP contribution in [-0.2, 0) is 6.42 Å². The lowest BCUT2D eigenvalue weighted by Gasteiger charge is -2.16. The van der Waals surface area contributed by atoms with Gasteiger partial charge in [-0.1, -0.05) is 60.1 Å². The fraction of sp³-hybridized carbons (Fsp3) is 0.333. The van der Waals surface area contributed by atoms with Crippen molar-refractivity contribution < 1.29 is 4.74 Å². The maximum atomic E-state index is 6.36. The van der Waals surface area contributed by atoms with Gasteiger partial charge in [0, 0.05) is 16.1 Å². The van der Waals surface area contributed by atoms with E-state index >= 15 is 0 Å². The van der Waals surface area contributed by atoms with Crippen LogP contribution in [0.1, 0.15) is 42.5 Å². The molecule has 0 saturated carbocycles. The molecule has 0 amide bonds. The average Bonchev–Trinajstić information content (AvgIpc) is 2.47. The summed E-state index contributed by atoms with van der Waals surface area (Å²) < 4.78 is 6.42. The molecule has 112 valence electrons. The van der Waals surface area contributed by atoms with Crippen molar-refractivity contribution in [3.8, 4) is 5.75 Å². The van der Waals surface area contributed by atoms with Gasteiger partial charge < -0.3 is 10.5 Å². The van der Waals surface area contributed by atoms with Gasteiger partial charge in [0.25, 0.3) is 0 Å². The average molecular weight is 348 g/mol. The Bertz CT molecular complexity index is 593. The van der Waals surface area contributed by atoms with Crippen LogP contribution in [0, 0.1) is 0 Å². The summed E-state index contributed by atoms with van der Waals surface area (Å²) in [4.78, 5) is 0. The Labute approximate surface area is 135 Å². The number of nitrogens with two attached hydrogens (primary N) is 1. The van der Waals surface area contributed by atoms with Crippen LogP contribution in [0.3, 0.4) is 0 Å². The smallest absolute Gasteiger partial charge is 0.124 e. The minimum atomic E-state index is -0.0713. The minimum absolute atomic E-state index is 0.0713. The zero-order valence-electron chi connectivity index (χ0n) is 12.8. The molecule has 1 unspecified atom stereocenters. The topological polar surface area (TPSA) is 35.2 Å². The Hall–Kier alpha value is -1.32. The molecule has 21 heavy (non-hydrogen) atoms. The standard InChI is InChI=1S/C18H22BrNO/c1-12(2)14-6-4-13(5-7-14)10-17(20)16-9-8-15(19)11-18(16)21-3/h4-9,11-12,17H,10,20H2,1-3H3. The molecule has 0 heterocycles. The van der Waals surface area contributed by atoms with Gasteiger partial charge in [-0.3, -0.25) is 0 Å². The highest BCUT2D eigenvalue weighted by Gasteiger charge is 2.13. The fourth-order valence-electron chi connectivity index (χ4n) is 2.39. The predicted molar refractivity (Wildman–Crippen MR) is 91.9 cm³/mol. The second-order valence-corrected chi connectivity index (χ2v) is 6.51.